The second kappa shape index (κ2) is 6.33. The summed E-state index contributed by atoms with van der Waals surface area (Å²) in [4.78, 5) is 4.26. The van der Waals surface area contributed by atoms with Gasteiger partial charge >= 0.3 is 0 Å². The van der Waals surface area contributed by atoms with Crippen LogP contribution in [0.4, 0.5) is 0 Å². The molecule has 5 nitrogen and oxygen atoms in total. The third-order valence-corrected chi connectivity index (χ3v) is 2.89. The predicted octanol–water partition coefficient (Wildman–Crippen LogP) is 2.17. The third-order valence-electron chi connectivity index (χ3n) is 2.89. The molecule has 1 aromatic carbocycles. The Morgan fingerprint density at radius 2 is 2.00 bits per heavy atom. The molecule has 0 bridgehead atoms. The van der Waals surface area contributed by atoms with E-state index in [4.69, 9.17) is 15.0 Å². The van der Waals surface area contributed by atoms with E-state index >= 15 is 0 Å². The quantitative estimate of drug-likeness (QED) is 0.862. The van der Waals surface area contributed by atoms with Gasteiger partial charge in [0.1, 0.15) is 5.75 Å². The van der Waals surface area contributed by atoms with E-state index in [0.717, 1.165) is 5.75 Å². The topological polar surface area (TPSA) is 74.2 Å². The van der Waals surface area contributed by atoms with Crippen LogP contribution in [-0.4, -0.2) is 16.2 Å². The van der Waals surface area contributed by atoms with Gasteiger partial charge in [-0.15, -0.1) is 0 Å². The van der Waals surface area contributed by atoms with E-state index in [1.807, 2.05) is 30.3 Å². The molecular formula is C14H19N3O2. The highest BCUT2D eigenvalue weighted by Crippen LogP contribution is 2.11. The molecular weight excluding hydrogens is 242 g/mol. The Morgan fingerprint density at radius 3 is 2.68 bits per heavy atom. The van der Waals surface area contributed by atoms with Crippen molar-refractivity contribution in [3.8, 4) is 5.75 Å². The summed E-state index contributed by atoms with van der Waals surface area (Å²) in [6.45, 7) is 4.44. The van der Waals surface area contributed by atoms with Crippen molar-refractivity contribution in [3.05, 3.63) is 42.0 Å². The first-order chi connectivity index (χ1) is 9.15. The highest BCUT2D eigenvalue weighted by Gasteiger charge is 2.14. The Morgan fingerprint density at radius 1 is 1.26 bits per heavy atom. The van der Waals surface area contributed by atoms with Crippen molar-refractivity contribution in [1.82, 2.24) is 10.1 Å². The van der Waals surface area contributed by atoms with Gasteiger partial charge in [0.15, 0.2) is 6.61 Å². The lowest BCUT2D eigenvalue weighted by Crippen LogP contribution is -2.28. The van der Waals surface area contributed by atoms with E-state index in [1.165, 1.54) is 0 Å². The van der Waals surface area contributed by atoms with Crippen LogP contribution in [0.5, 0.6) is 5.75 Å². The molecule has 2 rings (SSSR count). The molecule has 1 unspecified atom stereocenters. The lowest BCUT2D eigenvalue weighted by Gasteiger charge is -2.11. The number of nitrogens with zero attached hydrogens (tertiary/aromatic N) is 2. The zero-order valence-electron chi connectivity index (χ0n) is 11.2. The molecule has 0 aliphatic heterocycles. The first-order valence-electron chi connectivity index (χ1n) is 6.40. The van der Waals surface area contributed by atoms with Gasteiger partial charge in [-0.2, -0.15) is 4.98 Å². The summed E-state index contributed by atoms with van der Waals surface area (Å²) in [5, 5.41) is 3.88. The van der Waals surface area contributed by atoms with Gasteiger partial charge in [0.25, 0.3) is 0 Å². The number of aromatic nitrogens is 2. The van der Waals surface area contributed by atoms with Crippen LogP contribution in [0.25, 0.3) is 0 Å². The fraction of sp³-hybridized carbons (Fsp3) is 0.429. The van der Waals surface area contributed by atoms with E-state index < -0.39 is 0 Å². The maximum atomic E-state index is 5.96. The molecule has 2 N–H and O–H groups in total. The van der Waals surface area contributed by atoms with Crippen LogP contribution in [0.15, 0.2) is 34.9 Å². The van der Waals surface area contributed by atoms with E-state index in [0.29, 0.717) is 30.7 Å². The molecule has 0 aliphatic rings. The number of hydrogen-bond acceptors (Lipinski definition) is 5. The highest BCUT2D eigenvalue weighted by atomic mass is 16.5. The van der Waals surface area contributed by atoms with Crippen LogP contribution < -0.4 is 10.5 Å². The normalized spacial score (nSPS) is 12.6. The summed E-state index contributed by atoms with van der Waals surface area (Å²) in [5.74, 6) is 2.27. The Kier molecular flexibility index (Phi) is 4.52. The maximum Gasteiger partial charge on any atom is 0.228 e. The van der Waals surface area contributed by atoms with E-state index in [2.05, 4.69) is 24.0 Å². The zero-order chi connectivity index (χ0) is 13.7. The molecule has 1 atom stereocenters. The van der Waals surface area contributed by atoms with Gasteiger partial charge in [-0.05, 0) is 18.1 Å². The maximum absolute atomic E-state index is 5.96. The molecule has 0 amide bonds. The van der Waals surface area contributed by atoms with Crippen molar-refractivity contribution in [2.24, 2.45) is 11.7 Å². The van der Waals surface area contributed by atoms with E-state index in [1.54, 1.807) is 0 Å². The zero-order valence-corrected chi connectivity index (χ0v) is 11.2. The number of hydrogen-bond donors (Lipinski definition) is 1. The highest BCUT2D eigenvalue weighted by molar-refractivity contribution is 5.20. The van der Waals surface area contributed by atoms with Crippen LogP contribution in [-0.2, 0) is 13.0 Å². The third kappa shape index (κ3) is 4.06. The van der Waals surface area contributed by atoms with Crippen molar-refractivity contribution in [3.63, 3.8) is 0 Å². The lowest BCUT2D eigenvalue weighted by molar-refractivity contribution is 0.284. The van der Waals surface area contributed by atoms with Crippen molar-refractivity contribution in [2.75, 3.05) is 0 Å². The van der Waals surface area contributed by atoms with Crippen LogP contribution in [0, 0.1) is 5.92 Å². The molecule has 0 aliphatic carbocycles. The smallest absolute Gasteiger partial charge is 0.228 e. The lowest BCUT2D eigenvalue weighted by atomic mass is 10.0. The summed E-state index contributed by atoms with van der Waals surface area (Å²) in [6.07, 6.45) is 0.593. The number of rotatable bonds is 6. The fourth-order valence-corrected chi connectivity index (χ4v) is 1.53. The van der Waals surface area contributed by atoms with Gasteiger partial charge in [0.05, 0.1) is 0 Å². The van der Waals surface area contributed by atoms with Crippen LogP contribution in [0.1, 0.15) is 25.6 Å². The van der Waals surface area contributed by atoms with E-state index in [-0.39, 0.29) is 6.04 Å². The average Bonchev–Trinajstić information content (AvgIpc) is 2.85. The van der Waals surface area contributed by atoms with Crippen molar-refractivity contribution >= 4 is 0 Å². The molecule has 102 valence electrons. The van der Waals surface area contributed by atoms with Gasteiger partial charge < -0.3 is 15.0 Å². The minimum Gasteiger partial charge on any atom is -0.485 e. The second-order valence-electron chi connectivity index (χ2n) is 4.82. The largest absolute Gasteiger partial charge is 0.485 e. The number of nitrogens with two attached hydrogens (primary N) is 1. The van der Waals surface area contributed by atoms with Crippen molar-refractivity contribution < 1.29 is 9.26 Å². The first kappa shape index (κ1) is 13.5. The van der Waals surface area contributed by atoms with Crippen molar-refractivity contribution in [1.29, 1.82) is 0 Å². The summed E-state index contributed by atoms with van der Waals surface area (Å²) in [6, 6.07) is 9.57. The number of para-hydroxylation sites is 1. The SMILES string of the molecule is CC(C)C(N)Cc1nc(COc2ccccc2)no1. The molecule has 19 heavy (non-hydrogen) atoms. The Bertz CT molecular complexity index is 496. The van der Waals surface area contributed by atoms with Crippen LogP contribution in [0.3, 0.4) is 0 Å². The van der Waals surface area contributed by atoms with Gasteiger partial charge in [-0.3, -0.25) is 0 Å². The standard InChI is InChI=1S/C14H19N3O2/c1-10(2)12(15)8-14-16-13(17-19-14)9-18-11-6-4-3-5-7-11/h3-7,10,12H,8-9,15H2,1-2H3. The molecule has 2 aromatic rings. The minimum absolute atomic E-state index is 0.0309. The molecule has 5 heteroatoms. The van der Waals surface area contributed by atoms with Crippen molar-refractivity contribution in [2.45, 2.75) is 32.9 Å². The molecule has 0 spiro atoms. The monoisotopic (exact) mass is 261 g/mol. The molecule has 1 aromatic heterocycles. The molecule has 1 heterocycles. The van der Waals surface area contributed by atoms with E-state index in [9.17, 15) is 0 Å². The number of ether oxygens (including phenoxy) is 1. The Labute approximate surface area is 112 Å². The first-order valence-corrected chi connectivity index (χ1v) is 6.40. The Hall–Kier alpha value is -1.88. The number of benzene rings is 1. The van der Waals surface area contributed by atoms with Gasteiger partial charge in [0, 0.05) is 12.5 Å². The Balaban J connectivity index is 1.87. The molecule has 0 saturated carbocycles. The van der Waals surface area contributed by atoms with Gasteiger partial charge in [0.2, 0.25) is 11.7 Å². The summed E-state index contributed by atoms with van der Waals surface area (Å²) in [5.41, 5.74) is 5.96. The fourth-order valence-electron chi connectivity index (χ4n) is 1.53. The second-order valence-corrected chi connectivity index (χ2v) is 4.82. The van der Waals surface area contributed by atoms with Gasteiger partial charge in [-0.25, -0.2) is 0 Å². The summed E-state index contributed by atoms with van der Waals surface area (Å²) >= 11 is 0. The molecule has 0 fully saturated rings. The van der Waals surface area contributed by atoms with Crippen LogP contribution in [0.2, 0.25) is 0 Å². The van der Waals surface area contributed by atoms with Crippen LogP contribution >= 0.6 is 0 Å². The predicted molar refractivity (Wildman–Crippen MR) is 71.6 cm³/mol. The summed E-state index contributed by atoms with van der Waals surface area (Å²) < 4.78 is 10.7. The minimum atomic E-state index is 0.0309. The molecule has 0 radical (unpaired) electrons. The summed E-state index contributed by atoms with van der Waals surface area (Å²) in [7, 11) is 0. The molecule has 0 saturated heterocycles. The van der Waals surface area contributed by atoms with Gasteiger partial charge in [-0.1, -0.05) is 37.2 Å². The average molecular weight is 261 g/mol.